The fourth-order valence-electron chi connectivity index (χ4n) is 3.44. The molecular formula is C18H22N6O3S. The van der Waals surface area contributed by atoms with E-state index < -0.39 is 15.4 Å². The van der Waals surface area contributed by atoms with Gasteiger partial charge in [0, 0.05) is 49.7 Å². The van der Waals surface area contributed by atoms with E-state index in [1.807, 2.05) is 6.92 Å². The lowest BCUT2D eigenvalue weighted by Crippen LogP contribution is -2.47. The molecule has 1 atom stereocenters. The summed E-state index contributed by atoms with van der Waals surface area (Å²) in [6.07, 6.45) is 6.35. The van der Waals surface area contributed by atoms with Crippen LogP contribution in [0, 0.1) is 6.92 Å². The molecule has 4 heterocycles. The Morgan fingerprint density at radius 1 is 1.21 bits per heavy atom. The van der Waals surface area contributed by atoms with Crippen LogP contribution in [0.1, 0.15) is 31.4 Å². The van der Waals surface area contributed by atoms with E-state index in [4.69, 9.17) is 4.52 Å². The maximum atomic E-state index is 13.1. The van der Waals surface area contributed by atoms with Crippen LogP contribution in [0.5, 0.6) is 0 Å². The van der Waals surface area contributed by atoms with Crippen LogP contribution in [-0.2, 0) is 22.5 Å². The summed E-state index contributed by atoms with van der Waals surface area (Å²) in [5.41, 5.74) is 0.241. The molecule has 148 valence electrons. The lowest BCUT2D eigenvalue weighted by atomic mass is 9.82. The van der Waals surface area contributed by atoms with Crippen molar-refractivity contribution in [2.75, 3.05) is 13.1 Å². The summed E-state index contributed by atoms with van der Waals surface area (Å²) < 4.78 is 34.8. The van der Waals surface area contributed by atoms with Crippen molar-refractivity contribution >= 4 is 10.0 Å². The predicted molar refractivity (Wildman–Crippen MR) is 101 cm³/mol. The molecule has 0 N–H and O–H groups in total. The third kappa shape index (κ3) is 3.22. The van der Waals surface area contributed by atoms with Gasteiger partial charge >= 0.3 is 0 Å². The van der Waals surface area contributed by atoms with Crippen molar-refractivity contribution in [3.63, 3.8) is 0 Å². The Morgan fingerprint density at radius 2 is 1.96 bits per heavy atom. The molecule has 0 radical (unpaired) electrons. The quantitative estimate of drug-likeness (QED) is 0.656. The average Bonchev–Trinajstić information content (AvgIpc) is 3.31. The second-order valence-electron chi connectivity index (χ2n) is 7.40. The zero-order valence-corrected chi connectivity index (χ0v) is 16.8. The maximum absolute atomic E-state index is 13.1. The molecule has 0 aromatic carbocycles. The van der Waals surface area contributed by atoms with Gasteiger partial charge in [0.1, 0.15) is 5.82 Å². The molecule has 10 heteroatoms. The van der Waals surface area contributed by atoms with Crippen LogP contribution < -0.4 is 0 Å². The molecule has 3 aromatic rings. The van der Waals surface area contributed by atoms with Crippen LogP contribution in [0.25, 0.3) is 11.5 Å². The number of piperidine rings is 1. The van der Waals surface area contributed by atoms with E-state index in [2.05, 4.69) is 20.1 Å². The lowest BCUT2D eigenvalue weighted by molar-refractivity contribution is 0.225. The molecule has 4 rings (SSSR count). The first-order chi connectivity index (χ1) is 13.3. The van der Waals surface area contributed by atoms with E-state index in [9.17, 15) is 8.42 Å². The fraction of sp³-hybridized carbons (Fsp3) is 0.444. The molecule has 1 unspecified atom stereocenters. The number of sulfonamides is 1. The Balaban J connectivity index is 1.62. The highest BCUT2D eigenvalue weighted by Gasteiger charge is 2.42. The Hall–Kier alpha value is -2.59. The van der Waals surface area contributed by atoms with Gasteiger partial charge in [0.05, 0.1) is 0 Å². The minimum absolute atomic E-state index is 0.0716. The summed E-state index contributed by atoms with van der Waals surface area (Å²) in [4.78, 5) is 12.7. The van der Waals surface area contributed by atoms with Gasteiger partial charge < -0.3 is 9.09 Å². The monoisotopic (exact) mass is 402 g/mol. The maximum Gasteiger partial charge on any atom is 0.262 e. The largest absolute Gasteiger partial charge is 0.337 e. The van der Waals surface area contributed by atoms with E-state index in [1.165, 1.54) is 4.31 Å². The van der Waals surface area contributed by atoms with Gasteiger partial charge in [-0.25, -0.2) is 13.4 Å². The topological polar surface area (TPSA) is 107 Å². The van der Waals surface area contributed by atoms with Crippen LogP contribution in [0.2, 0.25) is 0 Å². The molecule has 1 fully saturated rings. The van der Waals surface area contributed by atoms with E-state index in [-0.39, 0.29) is 11.6 Å². The number of hydrogen-bond donors (Lipinski definition) is 0. The molecule has 1 aliphatic heterocycles. The Morgan fingerprint density at radius 3 is 2.64 bits per heavy atom. The fourth-order valence-corrected chi connectivity index (χ4v) is 5.07. The molecule has 0 spiro atoms. The van der Waals surface area contributed by atoms with E-state index in [1.54, 1.807) is 49.3 Å². The second-order valence-corrected chi connectivity index (χ2v) is 9.28. The molecular weight excluding hydrogens is 380 g/mol. The minimum Gasteiger partial charge on any atom is -0.337 e. The first-order valence-electron chi connectivity index (χ1n) is 9.04. The smallest absolute Gasteiger partial charge is 0.262 e. The summed E-state index contributed by atoms with van der Waals surface area (Å²) >= 11 is 0. The molecule has 0 amide bonds. The molecule has 28 heavy (non-hydrogen) atoms. The van der Waals surface area contributed by atoms with Crippen LogP contribution in [0.3, 0.4) is 0 Å². The van der Waals surface area contributed by atoms with E-state index in [0.717, 1.165) is 12.0 Å². The van der Waals surface area contributed by atoms with Gasteiger partial charge in [0.2, 0.25) is 0 Å². The van der Waals surface area contributed by atoms with Crippen LogP contribution >= 0.6 is 0 Å². The summed E-state index contributed by atoms with van der Waals surface area (Å²) in [7, 11) is -1.90. The van der Waals surface area contributed by atoms with Gasteiger partial charge in [-0.05, 0) is 31.9 Å². The first kappa shape index (κ1) is 18.8. The van der Waals surface area contributed by atoms with Crippen molar-refractivity contribution in [2.24, 2.45) is 7.05 Å². The van der Waals surface area contributed by atoms with E-state index >= 15 is 0 Å². The molecule has 1 aliphatic rings. The highest BCUT2D eigenvalue weighted by Crippen LogP contribution is 2.35. The van der Waals surface area contributed by atoms with Crippen LogP contribution in [-0.4, -0.2) is 50.5 Å². The predicted octanol–water partition coefficient (Wildman–Crippen LogP) is 1.92. The zero-order chi connectivity index (χ0) is 19.9. The summed E-state index contributed by atoms with van der Waals surface area (Å²) in [5, 5.41) is 4.22. The van der Waals surface area contributed by atoms with Gasteiger partial charge in [-0.1, -0.05) is 12.1 Å². The number of rotatable bonds is 4. The summed E-state index contributed by atoms with van der Waals surface area (Å²) in [6, 6.07) is 3.58. The SMILES string of the molecule is Cc1nc(S(=O)(=O)N2CCCC(C)(c3noc(-c4ccncc4)n3)C2)cn1C. The molecule has 1 saturated heterocycles. The Kier molecular flexibility index (Phi) is 4.54. The third-order valence-corrected chi connectivity index (χ3v) is 6.96. The number of aromatic nitrogens is 5. The molecule has 9 nitrogen and oxygen atoms in total. The highest BCUT2D eigenvalue weighted by atomic mass is 32.2. The standard InChI is InChI=1S/C18H22N6O3S/c1-13-20-15(11-23(13)3)28(25,26)24-10-4-7-18(2,12-24)17-21-16(27-22-17)14-5-8-19-9-6-14/h5-6,8-9,11H,4,7,10,12H2,1-3H3. The van der Waals surface area contributed by atoms with Gasteiger partial charge in [-0.3, -0.25) is 4.98 Å². The third-order valence-electron chi connectivity index (χ3n) is 5.25. The van der Waals surface area contributed by atoms with E-state index in [0.29, 0.717) is 30.5 Å². The molecule has 3 aromatic heterocycles. The van der Waals surface area contributed by atoms with Crippen molar-refractivity contribution < 1.29 is 12.9 Å². The zero-order valence-electron chi connectivity index (χ0n) is 16.0. The van der Waals surface area contributed by atoms with Gasteiger partial charge in [-0.15, -0.1) is 0 Å². The van der Waals surface area contributed by atoms with Crippen molar-refractivity contribution in [1.82, 2.24) is 29.0 Å². The van der Waals surface area contributed by atoms with Gasteiger partial charge in [0.15, 0.2) is 10.9 Å². The summed E-state index contributed by atoms with van der Waals surface area (Å²) in [5.74, 6) is 1.56. The summed E-state index contributed by atoms with van der Waals surface area (Å²) in [6.45, 7) is 4.47. The van der Waals surface area contributed by atoms with Crippen molar-refractivity contribution in [1.29, 1.82) is 0 Å². The van der Waals surface area contributed by atoms with Crippen molar-refractivity contribution in [3.05, 3.63) is 42.4 Å². The number of nitrogens with zero attached hydrogens (tertiary/aromatic N) is 6. The highest BCUT2D eigenvalue weighted by molar-refractivity contribution is 7.89. The number of aryl methyl sites for hydroxylation is 2. The number of hydrogen-bond acceptors (Lipinski definition) is 7. The Labute approximate surface area is 163 Å². The average molecular weight is 402 g/mol. The first-order valence-corrected chi connectivity index (χ1v) is 10.5. The molecule has 0 aliphatic carbocycles. The van der Waals surface area contributed by atoms with Gasteiger partial charge in [-0.2, -0.15) is 9.29 Å². The molecule has 0 saturated carbocycles. The lowest BCUT2D eigenvalue weighted by Gasteiger charge is -2.37. The van der Waals surface area contributed by atoms with Crippen LogP contribution in [0.4, 0.5) is 0 Å². The van der Waals surface area contributed by atoms with Crippen molar-refractivity contribution in [2.45, 2.75) is 37.1 Å². The normalized spacial score (nSPS) is 21.1. The Bertz CT molecular complexity index is 1070. The molecule has 0 bridgehead atoms. The van der Waals surface area contributed by atoms with Crippen molar-refractivity contribution in [3.8, 4) is 11.5 Å². The number of imidazole rings is 1. The second kappa shape index (κ2) is 6.78. The minimum atomic E-state index is -3.68. The van der Waals surface area contributed by atoms with Gasteiger partial charge in [0.25, 0.3) is 15.9 Å². The number of pyridine rings is 1. The van der Waals surface area contributed by atoms with Crippen LogP contribution in [0.15, 0.2) is 40.3 Å².